The molecular formula is C18H18FN3O7S. The lowest BCUT2D eigenvalue weighted by Crippen LogP contribution is -2.37. The molecule has 30 heavy (non-hydrogen) atoms. The molecule has 0 saturated heterocycles. The number of sulfonamides is 1. The van der Waals surface area contributed by atoms with Crippen LogP contribution in [0.15, 0.2) is 53.4 Å². The van der Waals surface area contributed by atoms with Crippen molar-refractivity contribution in [2.45, 2.75) is 17.9 Å². The van der Waals surface area contributed by atoms with Crippen LogP contribution in [0.25, 0.3) is 0 Å². The molecule has 0 aliphatic carbocycles. The summed E-state index contributed by atoms with van der Waals surface area (Å²) >= 11 is 0. The summed E-state index contributed by atoms with van der Waals surface area (Å²) in [6, 6.07) is 9.45. The van der Waals surface area contributed by atoms with Crippen molar-refractivity contribution in [2.24, 2.45) is 0 Å². The number of amides is 1. The van der Waals surface area contributed by atoms with Gasteiger partial charge in [0.1, 0.15) is 18.0 Å². The predicted octanol–water partition coefficient (Wildman–Crippen LogP) is 1.92. The van der Waals surface area contributed by atoms with Crippen molar-refractivity contribution in [3.8, 4) is 0 Å². The zero-order chi connectivity index (χ0) is 22.5. The van der Waals surface area contributed by atoms with Gasteiger partial charge in [-0.25, -0.2) is 12.8 Å². The van der Waals surface area contributed by atoms with Crippen LogP contribution in [0.5, 0.6) is 0 Å². The minimum absolute atomic E-state index is 0.0774. The standard InChI is InChI=1S/C18H18FN3O7S/c1-12(18(24)20-15-5-3-4-6-16(15)22(25)26)29-17(23)11-21(2)30(27,28)14-9-7-13(19)8-10-14/h3-10,12H,11H2,1-2H3,(H,20,24). The number of likely N-dealkylation sites (N-methyl/N-ethyl adjacent to an activating group) is 1. The smallest absolute Gasteiger partial charge is 0.322 e. The third-order valence-corrected chi connectivity index (χ3v) is 5.73. The van der Waals surface area contributed by atoms with E-state index in [2.05, 4.69) is 5.32 Å². The zero-order valence-electron chi connectivity index (χ0n) is 15.9. The van der Waals surface area contributed by atoms with E-state index in [4.69, 9.17) is 4.74 Å². The fourth-order valence-corrected chi connectivity index (χ4v) is 3.43. The molecule has 10 nitrogen and oxygen atoms in total. The molecule has 0 heterocycles. The molecule has 2 aromatic rings. The molecular weight excluding hydrogens is 421 g/mol. The molecule has 2 rings (SSSR count). The maximum Gasteiger partial charge on any atom is 0.322 e. The number of hydrogen-bond acceptors (Lipinski definition) is 7. The molecule has 0 spiro atoms. The lowest BCUT2D eigenvalue weighted by Gasteiger charge is -2.18. The van der Waals surface area contributed by atoms with Gasteiger partial charge in [-0.3, -0.25) is 19.7 Å². The monoisotopic (exact) mass is 439 g/mol. The van der Waals surface area contributed by atoms with Crippen molar-refractivity contribution in [1.82, 2.24) is 4.31 Å². The van der Waals surface area contributed by atoms with Gasteiger partial charge in [-0.1, -0.05) is 12.1 Å². The zero-order valence-corrected chi connectivity index (χ0v) is 16.8. The second-order valence-corrected chi connectivity index (χ2v) is 8.16. The van der Waals surface area contributed by atoms with Crippen LogP contribution in [0, 0.1) is 15.9 Å². The Morgan fingerprint density at radius 3 is 2.40 bits per heavy atom. The molecule has 0 aliphatic heterocycles. The van der Waals surface area contributed by atoms with Crippen LogP contribution in [0.4, 0.5) is 15.8 Å². The number of benzene rings is 2. The number of ether oxygens (including phenoxy) is 1. The highest BCUT2D eigenvalue weighted by Gasteiger charge is 2.26. The van der Waals surface area contributed by atoms with Gasteiger partial charge in [0.25, 0.3) is 11.6 Å². The first-order valence-electron chi connectivity index (χ1n) is 8.48. The predicted molar refractivity (Wildman–Crippen MR) is 103 cm³/mol. The summed E-state index contributed by atoms with van der Waals surface area (Å²) in [4.78, 5) is 34.3. The van der Waals surface area contributed by atoms with Gasteiger partial charge in [-0.05, 0) is 37.3 Å². The number of nitrogens with one attached hydrogen (secondary N) is 1. The second kappa shape index (κ2) is 9.41. The van der Waals surface area contributed by atoms with E-state index < -0.39 is 45.3 Å². The summed E-state index contributed by atoms with van der Waals surface area (Å²) in [5.41, 5.74) is -0.416. The molecule has 160 valence electrons. The minimum Gasteiger partial charge on any atom is -0.452 e. The van der Waals surface area contributed by atoms with Crippen molar-refractivity contribution in [3.63, 3.8) is 0 Å². The van der Waals surface area contributed by atoms with E-state index in [1.807, 2.05) is 0 Å². The van der Waals surface area contributed by atoms with Gasteiger partial charge in [0.15, 0.2) is 6.10 Å². The van der Waals surface area contributed by atoms with Gasteiger partial charge in [0.05, 0.1) is 9.82 Å². The van der Waals surface area contributed by atoms with Gasteiger partial charge in [0, 0.05) is 13.1 Å². The molecule has 0 aromatic heterocycles. The van der Waals surface area contributed by atoms with Crippen LogP contribution in [-0.4, -0.2) is 49.2 Å². The fourth-order valence-electron chi connectivity index (χ4n) is 2.31. The first kappa shape index (κ1) is 22.9. The fraction of sp³-hybridized carbons (Fsp3) is 0.222. The third kappa shape index (κ3) is 5.58. The van der Waals surface area contributed by atoms with E-state index in [1.54, 1.807) is 0 Å². The molecule has 1 N–H and O–H groups in total. The Kier molecular flexibility index (Phi) is 7.19. The number of carbonyl (C=O) groups is 2. The summed E-state index contributed by atoms with van der Waals surface area (Å²) in [7, 11) is -2.96. The van der Waals surface area contributed by atoms with Crippen molar-refractivity contribution >= 4 is 33.3 Å². The number of hydrogen-bond donors (Lipinski definition) is 1. The molecule has 0 saturated carbocycles. The number of para-hydroxylation sites is 2. The molecule has 1 unspecified atom stereocenters. The number of carbonyl (C=O) groups excluding carboxylic acids is 2. The van der Waals surface area contributed by atoms with Gasteiger partial charge in [-0.15, -0.1) is 0 Å². The van der Waals surface area contributed by atoms with Crippen molar-refractivity contribution in [3.05, 3.63) is 64.5 Å². The lowest BCUT2D eigenvalue weighted by molar-refractivity contribution is -0.383. The Morgan fingerprint density at radius 2 is 1.80 bits per heavy atom. The van der Waals surface area contributed by atoms with E-state index >= 15 is 0 Å². The van der Waals surface area contributed by atoms with Crippen LogP contribution in [0.3, 0.4) is 0 Å². The van der Waals surface area contributed by atoms with Crippen LogP contribution in [0.2, 0.25) is 0 Å². The Balaban J connectivity index is 1.99. The summed E-state index contributed by atoms with van der Waals surface area (Å²) in [5, 5.41) is 13.3. The maximum absolute atomic E-state index is 13.0. The van der Waals surface area contributed by atoms with Crippen molar-refractivity contribution in [1.29, 1.82) is 0 Å². The molecule has 0 fully saturated rings. The molecule has 0 aliphatic rings. The average Bonchev–Trinajstić information content (AvgIpc) is 2.68. The Labute approximate surface area is 171 Å². The van der Waals surface area contributed by atoms with E-state index in [9.17, 15) is 32.5 Å². The normalized spacial score (nSPS) is 12.3. The Bertz CT molecular complexity index is 1060. The molecule has 1 atom stereocenters. The number of nitro benzene ring substituents is 1. The minimum atomic E-state index is -4.08. The van der Waals surface area contributed by atoms with Crippen LogP contribution in [-0.2, 0) is 24.3 Å². The van der Waals surface area contributed by atoms with Gasteiger partial charge >= 0.3 is 5.97 Å². The van der Waals surface area contributed by atoms with Crippen molar-refractivity contribution in [2.75, 3.05) is 18.9 Å². The largest absolute Gasteiger partial charge is 0.452 e. The van der Waals surface area contributed by atoms with Crippen LogP contribution >= 0.6 is 0 Å². The number of rotatable bonds is 8. The summed E-state index contributed by atoms with van der Waals surface area (Å²) in [6.45, 7) is 0.527. The molecule has 2 aromatic carbocycles. The van der Waals surface area contributed by atoms with Crippen LogP contribution < -0.4 is 5.32 Å². The van der Waals surface area contributed by atoms with Crippen molar-refractivity contribution < 1.29 is 32.1 Å². The number of anilines is 1. The average molecular weight is 439 g/mol. The van der Waals surface area contributed by atoms with Gasteiger partial charge in [0.2, 0.25) is 10.0 Å². The third-order valence-electron chi connectivity index (χ3n) is 3.91. The topological polar surface area (TPSA) is 136 Å². The van der Waals surface area contributed by atoms with Crippen LogP contribution in [0.1, 0.15) is 6.92 Å². The Hall–Kier alpha value is -3.38. The summed E-state index contributed by atoms with van der Waals surface area (Å²) in [6.07, 6.45) is -1.35. The summed E-state index contributed by atoms with van der Waals surface area (Å²) in [5.74, 6) is -2.47. The van der Waals surface area contributed by atoms with E-state index in [-0.39, 0.29) is 16.3 Å². The second-order valence-electron chi connectivity index (χ2n) is 6.11. The SMILES string of the molecule is CC(OC(=O)CN(C)S(=O)(=O)c1ccc(F)cc1)C(=O)Nc1ccccc1[N+](=O)[O-]. The molecule has 1 amide bonds. The number of esters is 1. The first-order valence-corrected chi connectivity index (χ1v) is 9.92. The highest BCUT2D eigenvalue weighted by Crippen LogP contribution is 2.23. The number of nitro groups is 1. The van der Waals surface area contributed by atoms with Gasteiger partial charge in [-0.2, -0.15) is 4.31 Å². The first-order chi connectivity index (χ1) is 14.0. The molecule has 12 heteroatoms. The highest BCUT2D eigenvalue weighted by atomic mass is 32.2. The van der Waals surface area contributed by atoms with E-state index in [0.29, 0.717) is 4.31 Å². The van der Waals surface area contributed by atoms with Gasteiger partial charge < -0.3 is 10.1 Å². The van der Waals surface area contributed by atoms with E-state index in [0.717, 1.165) is 31.3 Å². The maximum atomic E-state index is 13.0. The number of nitrogens with zero attached hydrogens (tertiary/aromatic N) is 2. The quantitative estimate of drug-likeness (QED) is 0.377. The highest BCUT2D eigenvalue weighted by molar-refractivity contribution is 7.89. The molecule has 0 bridgehead atoms. The molecule has 0 radical (unpaired) electrons. The van der Waals surface area contributed by atoms with E-state index in [1.165, 1.54) is 31.2 Å². The lowest BCUT2D eigenvalue weighted by atomic mass is 10.2. The number of halogens is 1. The summed E-state index contributed by atoms with van der Waals surface area (Å²) < 4.78 is 43.4. The Morgan fingerprint density at radius 1 is 1.20 bits per heavy atom.